The van der Waals surface area contributed by atoms with E-state index < -0.39 is 0 Å². The van der Waals surface area contributed by atoms with E-state index >= 15 is 0 Å². The predicted molar refractivity (Wildman–Crippen MR) is 81.3 cm³/mol. The number of hydrogen-bond acceptors (Lipinski definition) is 3. The highest BCUT2D eigenvalue weighted by Crippen LogP contribution is 2.23. The minimum atomic E-state index is -0.351. The molecular formula is C16H16ClNO2. The van der Waals surface area contributed by atoms with E-state index in [1.54, 1.807) is 6.07 Å². The number of nitrogens with one attached hydrogen (secondary N) is 1. The van der Waals surface area contributed by atoms with Gasteiger partial charge in [-0.1, -0.05) is 35.9 Å². The molecule has 0 radical (unpaired) electrons. The number of hydrogen-bond donors (Lipinski definition) is 1. The Kier molecular flexibility index (Phi) is 4.64. The van der Waals surface area contributed by atoms with Crippen LogP contribution in [-0.4, -0.2) is 13.1 Å². The van der Waals surface area contributed by atoms with Crippen LogP contribution in [0.4, 0.5) is 5.69 Å². The van der Waals surface area contributed by atoms with Crippen LogP contribution in [0.5, 0.6) is 0 Å². The fraction of sp³-hybridized carbons (Fsp3) is 0.188. The third-order valence-electron chi connectivity index (χ3n) is 3.07. The molecule has 1 unspecified atom stereocenters. The van der Waals surface area contributed by atoms with Crippen molar-refractivity contribution >= 4 is 23.3 Å². The molecule has 0 fully saturated rings. The Morgan fingerprint density at radius 2 is 1.80 bits per heavy atom. The molecule has 0 saturated carbocycles. The summed E-state index contributed by atoms with van der Waals surface area (Å²) in [6.45, 7) is 2.03. The number of esters is 1. The van der Waals surface area contributed by atoms with Crippen LogP contribution >= 0.6 is 11.6 Å². The Morgan fingerprint density at radius 1 is 1.15 bits per heavy atom. The van der Waals surface area contributed by atoms with E-state index in [4.69, 9.17) is 16.3 Å². The first-order valence-corrected chi connectivity index (χ1v) is 6.69. The van der Waals surface area contributed by atoms with E-state index in [2.05, 4.69) is 5.32 Å². The van der Waals surface area contributed by atoms with Crippen LogP contribution in [0.2, 0.25) is 5.02 Å². The van der Waals surface area contributed by atoms with Gasteiger partial charge in [-0.3, -0.25) is 0 Å². The summed E-state index contributed by atoms with van der Waals surface area (Å²) < 4.78 is 4.78. The molecule has 1 atom stereocenters. The van der Waals surface area contributed by atoms with Crippen molar-refractivity contribution in [3.63, 3.8) is 0 Å². The van der Waals surface area contributed by atoms with Gasteiger partial charge in [0.2, 0.25) is 0 Å². The fourth-order valence-electron chi connectivity index (χ4n) is 1.96. The van der Waals surface area contributed by atoms with Gasteiger partial charge < -0.3 is 10.1 Å². The van der Waals surface area contributed by atoms with E-state index in [9.17, 15) is 4.79 Å². The van der Waals surface area contributed by atoms with Crippen LogP contribution in [0.3, 0.4) is 0 Å². The largest absolute Gasteiger partial charge is 0.465 e. The Labute approximate surface area is 123 Å². The van der Waals surface area contributed by atoms with E-state index in [1.807, 2.05) is 49.4 Å². The maximum absolute atomic E-state index is 11.7. The average Bonchev–Trinajstić information content (AvgIpc) is 2.47. The molecule has 4 heteroatoms. The quantitative estimate of drug-likeness (QED) is 0.853. The third-order valence-corrected chi connectivity index (χ3v) is 3.33. The van der Waals surface area contributed by atoms with Crippen LogP contribution < -0.4 is 5.32 Å². The number of anilines is 1. The van der Waals surface area contributed by atoms with Crippen LogP contribution in [0.1, 0.15) is 28.9 Å². The molecule has 20 heavy (non-hydrogen) atoms. The standard InChI is InChI=1S/C16H16ClNO2/c1-11(12-7-9-13(17)10-8-12)18-15-6-4-3-5-14(15)16(19)20-2/h3-11,18H,1-2H3. The van der Waals surface area contributed by atoms with Crippen molar-refractivity contribution < 1.29 is 9.53 Å². The van der Waals surface area contributed by atoms with Crippen molar-refractivity contribution in [2.75, 3.05) is 12.4 Å². The SMILES string of the molecule is COC(=O)c1ccccc1NC(C)c1ccc(Cl)cc1. The highest BCUT2D eigenvalue weighted by molar-refractivity contribution is 6.30. The molecule has 1 N–H and O–H groups in total. The summed E-state index contributed by atoms with van der Waals surface area (Å²) in [5, 5.41) is 4.02. The number of methoxy groups -OCH3 is 1. The molecule has 2 aromatic rings. The smallest absolute Gasteiger partial charge is 0.339 e. The summed E-state index contributed by atoms with van der Waals surface area (Å²) in [4.78, 5) is 11.7. The number of carbonyl (C=O) groups is 1. The summed E-state index contributed by atoms with van der Waals surface area (Å²) in [5.41, 5.74) is 2.37. The normalized spacial score (nSPS) is 11.8. The Balaban J connectivity index is 2.21. The Morgan fingerprint density at radius 3 is 2.45 bits per heavy atom. The summed E-state index contributed by atoms with van der Waals surface area (Å²) in [6.07, 6.45) is 0. The summed E-state index contributed by atoms with van der Waals surface area (Å²) in [6, 6.07) is 15.0. The third kappa shape index (κ3) is 3.31. The fourth-order valence-corrected chi connectivity index (χ4v) is 2.09. The van der Waals surface area contributed by atoms with Crippen molar-refractivity contribution in [2.45, 2.75) is 13.0 Å². The molecule has 0 heterocycles. The molecule has 2 rings (SSSR count). The zero-order valence-corrected chi connectivity index (χ0v) is 12.1. The molecule has 2 aromatic carbocycles. The maximum Gasteiger partial charge on any atom is 0.339 e. The zero-order chi connectivity index (χ0) is 14.5. The molecule has 0 aliphatic rings. The van der Waals surface area contributed by atoms with Crippen molar-refractivity contribution in [3.8, 4) is 0 Å². The average molecular weight is 290 g/mol. The second kappa shape index (κ2) is 6.44. The van der Waals surface area contributed by atoms with Crippen molar-refractivity contribution in [3.05, 3.63) is 64.7 Å². The number of carbonyl (C=O) groups excluding carboxylic acids is 1. The molecule has 0 amide bonds. The van der Waals surface area contributed by atoms with Gasteiger partial charge in [0.25, 0.3) is 0 Å². The topological polar surface area (TPSA) is 38.3 Å². The Bertz CT molecular complexity index is 596. The number of benzene rings is 2. The van der Waals surface area contributed by atoms with E-state index in [-0.39, 0.29) is 12.0 Å². The van der Waals surface area contributed by atoms with Crippen LogP contribution in [0.25, 0.3) is 0 Å². The molecule has 0 bridgehead atoms. The van der Waals surface area contributed by atoms with Crippen molar-refractivity contribution in [1.29, 1.82) is 0 Å². The number of para-hydroxylation sites is 1. The van der Waals surface area contributed by atoms with E-state index in [0.717, 1.165) is 11.3 Å². The lowest BCUT2D eigenvalue weighted by molar-refractivity contribution is 0.0602. The van der Waals surface area contributed by atoms with Gasteiger partial charge in [0.15, 0.2) is 0 Å². The lowest BCUT2D eigenvalue weighted by atomic mass is 10.1. The Hall–Kier alpha value is -2.00. The van der Waals surface area contributed by atoms with Crippen molar-refractivity contribution in [2.24, 2.45) is 0 Å². The first kappa shape index (κ1) is 14.4. The summed E-state index contributed by atoms with van der Waals surface area (Å²) in [7, 11) is 1.38. The van der Waals surface area contributed by atoms with E-state index in [0.29, 0.717) is 10.6 Å². The zero-order valence-electron chi connectivity index (χ0n) is 11.4. The summed E-state index contributed by atoms with van der Waals surface area (Å²) in [5.74, 6) is -0.351. The molecule has 3 nitrogen and oxygen atoms in total. The molecular weight excluding hydrogens is 274 g/mol. The minimum Gasteiger partial charge on any atom is -0.465 e. The van der Waals surface area contributed by atoms with E-state index in [1.165, 1.54) is 7.11 Å². The predicted octanol–water partition coefficient (Wildman–Crippen LogP) is 4.30. The van der Waals surface area contributed by atoms with Gasteiger partial charge >= 0.3 is 5.97 Å². The van der Waals surface area contributed by atoms with Crippen LogP contribution in [0, 0.1) is 0 Å². The van der Waals surface area contributed by atoms with Gasteiger partial charge in [-0.15, -0.1) is 0 Å². The van der Waals surface area contributed by atoms with Crippen LogP contribution in [0.15, 0.2) is 48.5 Å². The highest BCUT2D eigenvalue weighted by Gasteiger charge is 2.13. The second-order valence-electron chi connectivity index (χ2n) is 4.45. The number of halogens is 1. The van der Waals surface area contributed by atoms with Gasteiger partial charge in [-0.2, -0.15) is 0 Å². The van der Waals surface area contributed by atoms with Gasteiger partial charge in [-0.25, -0.2) is 4.79 Å². The molecule has 0 aliphatic carbocycles. The second-order valence-corrected chi connectivity index (χ2v) is 4.89. The lowest BCUT2D eigenvalue weighted by Crippen LogP contribution is -2.11. The van der Waals surface area contributed by atoms with Gasteiger partial charge in [0.05, 0.1) is 12.7 Å². The van der Waals surface area contributed by atoms with Gasteiger partial charge in [0, 0.05) is 16.8 Å². The monoisotopic (exact) mass is 289 g/mol. The lowest BCUT2D eigenvalue weighted by Gasteiger charge is -2.17. The van der Waals surface area contributed by atoms with Gasteiger partial charge in [0.1, 0.15) is 0 Å². The molecule has 0 aromatic heterocycles. The highest BCUT2D eigenvalue weighted by atomic mass is 35.5. The molecule has 0 spiro atoms. The molecule has 0 aliphatic heterocycles. The maximum atomic E-state index is 11.7. The number of ether oxygens (including phenoxy) is 1. The minimum absolute atomic E-state index is 0.0538. The first-order chi connectivity index (χ1) is 9.61. The van der Waals surface area contributed by atoms with Crippen LogP contribution in [-0.2, 0) is 4.74 Å². The van der Waals surface area contributed by atoms with Gasteiger partial charge in [-0.05, 0) is 36.8 Å². The number of rotatable bonds is 4. The van der Waals surface area contributed by atoms with Crippen molar-refractivity contribution in [1.82, 2.24) is 0 Å². The first-order valence-electron chi connectivity index (χ1n) is 6.31. The molecule has 104 valence electrons. The molecule has 0 saturated heterocycles. The summed E-state index contributed by atoms with van der Waals surface area (Å²) >= 11 is 5.88.